The van der Waals surface area contributed by atoms with Gasteiger partial charge < -0.3 is 9.47 Å². The van der Waals surface area contributed by atoms with E-state index in [0.717, 1.165) is 19.3 Å². The molecule has 26 heavy (non-hydrogen) atoms. The number of esters is 1. The molecule has 0 fully saturated rings. The lowest BCUT2D eigenvalue weighted by atomic mass is 10.0. The molecule has 1 amide bonds. The SMILES string of the molecule is CCCCCCCCCCCOC(=O)C(C(C)C)N(C)C(=O)OCCC. The molecule has 0 saturated carbocycles. The molecule has 0 N–H and O–H groups in total. The average Bonchev–Trinajstić information content (AvgIpc) is 2.60. The molecule has 1 atom stereocenters. The van der Waals surface area contributed by atoms with Crippen LogP contribution in [0.3, 0.4) is 0 Å². The van der Waals surface area contributed by atoms with Crippen LogP contribution in [0.1, 0.15) is 91.9 Å². The zero-order valence-corrected chi connectivity index (χ0v) is 17.7. The van der Waals surface area contributed by atoms with Crippen molar-refractivity contribution in [2.24, 2.45) is 5.92 Å². The molecule has 0 radical (unpaired) electrons. The van der Waals surface area contributed by atoms with Gasteiger partial charge in [-0.05, 0) is 18.8 Å². The highest BCUT2D eigenvalue weighted by Crippen LogP contribution is 2.14. The Morgan fingerprint density at radius 2 is 1.31 bits per heavy atom. The topological polar surface area (TPSA) is 55.8 Å². The molecule has 0 aromatic carbocycles. The molecule has 0 bridgehead atoms. The van der Waals surface area contributed by atoms with E-state index in [0.29, 0.717) is 13.2 Å². The van der Waals surface area contributed by atoms with Crippen molar-refractivity contribution in [2.45, 2.75) is 97.9 Å². The quantitative estimate of drug-likeness (QED) is 0.279. The third kappa shape index (κ3) is 11.4. The van der Waals surface area contributed by atoms with Gasteiger partial charge >= 0.3 is 12.1 Å². The Balaban J connectivity index is 4.00. The lowest BCUT2D eigenvalue weighted by molar-refractivity contribution is -0.150. The van der Waals surface area contributed by atoms with E-state index in [1.807, 2.05) is 20.8 Å². The lowest BCUT2D eigenvalue weighted by Crippen LogP contribution is -2.46. The molecular weight excluding hydrogens is 330 g/mol. The van der Waals surface area contributed by atoms with Gasteiger partial charge in [-0.1, -0.05) is 79.1 Å². The van der Waals surface area contributed by atoms with Crippen molar-refractivity contribution in [2.75, 3.05) is 20.3 Å². The minimum atomic E-state index is -0.599. The second kappa shape index (κ2) is 16.0. The molecule has 0 spiro atoms. The maximum atomic E-state index is 12.4. The van der Waals surface area contributed by atoms with Crippen molar-refractivity contribution < 1.29 is 19.1 Å². The van der Waals surface area contributed by atoms with E-state index in [1.165, 1.54) is 49.8 Å². The number of nitrogens with zero attached hydrogens (tertiary/aromatic N) is 1. The maximum Gasteiger partial charge on any atom is 0.410 e. The van der Waals surface area contributed by atoms with Crippen LogP contribution >= 0.6 is 0 Å². The summed E-state index contributed by atoms with van der Waals surface area (Å²) in [4.78, 5) is 25.7. The van der Waals surface area contributed by atoms with Crippen molar-refractivity contribution in [3.8, 4) is 0 Å². The van der Waals surface area contributed by atoms with Gasteiger partial charge in [0.1, 0.15) is 6.04 Å². The highest BCUT2D eigenvalue weighted by atomic mass is 16.6. The molecule has 0 aliphatic rings. The van der Waals surface area contributed by atoms with Gasteiger partial charge in [-0.2, -0.15) is 0 Å². The van der Waals surface area contributed by atoms with Crippen molar-refractivity contribution >= 4 is 12.1 Å². The van der Waals surface area contributed by atoms with E-state index in [-0.39, 0.29) is 11.9 Å². The van der Waals surface area contributed by atoms with Crippen LogP contribution in [0.4, 0.5) is 4.79 Å². The fourth-order valence-corrected chi connectivity index (χ4v) is 2.95. The summed E-state index contributed by atoms with van der Waals surface area (Å²) in [5.74, 6) is -0.361. The van der Waals surface area contributed by atoms with Crippen LogP contribution in [0.2, 0.25) is 0 Å². The van der Waals surface area contributed by atoms with Gasteiger partial charge in [-0.3, -0.25) is 4.90 Å². The predicted octanol–water partition coefficient (Wildman–Crippen LogP) is 5.56. The van der Waals surface area contributed by atoms with Crippen molar-refractivity contribution in [3.05, 3.63) is 0 Å². The molecule has 0 saturated heterocycles. The molecule has 0 aromatic rings. The fraction of sp³-hybridized carbons (Fsp3) is 0.905. The number of amides is 1. The molecule has 5 heteroatoms. The van der Waals surface area contributed by atoms with Gasteiger partial charge in [-0.25, -0.2) is 9.59 Å². The largest absolute Gasteiger partial charge is 0.464 e. The molecule has 0 aliphatic heterocycles. The summed E-state index contributed by atoms with van der Waals surface area (Å²) >= 11 is 0. The number of carbonyl (C=O) groups is 2. The number of carbonyl (C=O) groups excluding carboxylic acids is 2. The summed E-state index contributed by atoms with van der Waals surface area (Å²) in [6.07, 6.45) is 11.3. The highest BCUT2D eigenvalue weighted by Gasteiger charge is 2.31. The predicted molar refractivity (Wildman–Crippen MR) is 106 cm³/mol. The van der Waals surface area contributed by atoms with Gasteiger partial charge in [0.15, 0.2) is 0 Å². The van der Waals surface area contributed by atoms with E-state index < -0.39 is 12.1 Å². The van der Waals surface area contributed by atoms with Crippen LogP contribution in [0.15, 0.2) is 0 Å². The third-order valence-electron chi connectivity index (χ3n) is 4.50. The summed E-state index contributed by atoms with van der Waals surface area (Å²) in [6, 6.07) is -0.599. The van der Waals surface area contributed by atoms with Crippen LogP contribution in [-0.4, -0.2) is 43.3 Å². The Labute approximate surface area is 160 Å². The molecule has 0 rings (SSSR count). The molecule has 1 unspecified atom stereocenters. The Bertz CT molecular complexity index is 371. The summed E-state index contributed by atoms with van der Waals surface area (Å²) in [7, 11) is 1.60. The van der Waals surface area contributed by atoms with Gasteiger partial charge in [0.05, 0.1) is 13.2 Å². The summed E-state index contributed by atoms with van der Waals surface area (Å²) < 4.78 is 10.5. The number of hydrogen-bond donors (Lipinski definition) is 0. The first-order valence-corrected chi connectivity index (χ1v) is 10.5. The van der Waals surface area contributed by atoms with Gasteiger partial charge in [0, 0.05) is 7.05 Å². The lowest BCUT2D eigenvalue weighted by Gasteiger charge is -2.28. The zero-order chi connectivity index (χ0) is 19.8. The zero-order valence-electron chi connectivity index (χ0n) is 17.7. The van der Waals surface area contributed by atoms with Crippen molar-refractivity contribution in [1.82, 2.24) is 4.90 Å². The smallest absolute Gasteiger partial charge is 0.410 e. The van der Waals surface area contributed by atoms with Crippen molar-refractivity contribution in [1.29, 1.82) is 0 Å². The molecule has 5 nitrogen and oxygen atoms in total. The Kier molecular flexibility index (Phi) is 15.2. The van der Waals surface area contributed by atoms with Gasteiger partial charge in [-0.15, -0.1) is 0 Å². The molecule has 0 aliphatic carbocycles. The maximum absolute atomic E-state index is 12.4. The minimum Gasteiger partial charge on any atom is -0.464 e. The van der Waals surface area contributed by atoms with E-state index in [2.05, 4.69) is 6.92 Å². The van der Waals surface area contributed by atoms with Crippen molar-refractivity contribution in [3.63, 3.8) is 0 Å². The second-order valence-corrected chi connectivity index (χ2v) is 7.41. The number of rotatable bonds is 15. The van der Waals surface area contributed by atoms with E-state index in [4.69, 9.17) is 9.47 Å². The monoisotopic (exact) mass is 371 g/mol. The number of unbranched alkanes of at least 4 members (excludes halogenated alkanes) is 8. The molecule has 0 aromatic heterocycles. The van der Waals surface area contributed by atoms with Crippen LogP contribution in [-0.2, 0) is 14.3 Å². The van der Waals surface area contributed by atoms with Gasteiger partial charge in [0.25, 0.3) is 0 Å². The number of likely N-dealkylation sites (N-methyl/N-ethyl adjacent to an activating group) is 1. The standard InChI is InChI=1S/C21H41NO4/c1-6-8-9-10-11-12-13-14-15-17-25-20(23)19(18(3)4)22(5)21(24)26-16-7-2/h18-19H,6-17H2,1-5H3. The summed E-state index contributed by atoms with van der Waals surface area (Å²) in [5, 5.41) is 0. The molecule has 0 heterocycles. The van der Waals surface area contributed by atoms with Crippen LogP contribution in [0.5, 0.6) is 0 Å². The van der Waals surface area contributed by atoms with Gasteiger partial charge in [0.2, 0.25) is 0 Å². The third-order valence-corrected chi connectivity index (χ3v) is 4.50. The fourth-order valence-electron chi connectivity index (χ4n) is 2.95. The van der Waals surface area contributed by atoms with Crippen LogP contribution in [0.25, 0.3) is 0 Å². The first-order chi connectivity index (χ1) is 12.5. The molecular formula is C21H41NO4. The summed E-state index contributed by atoms with van der Waals surface area (Å²) in [6.45, 7) is 8.78. The number of hydrogen-bond acceptors (Lipinski definition) is 4. The molecule has 154 valence electrons. The normalized spacial score (nSPS) is 12.1. The Morgan fingerprint density at radius 1 is 0.769 bits per heavy atom. The average molecular weight is 372 g/mol. The number of ether oxygens (including phenoxy) is 2. The Morgan fingerprint density at radius 3 is 1.81 bits per heavy atom. The first kappa shape index (κ1) is 24.7. The van der Waals surface area contributed by atoms with Crippen LogP contribution in [0, 0.1) is 5.92 Å². The minimum absolute atomic E-state index is 0.0233. The highest BCUT2D eigenvalue weighted by molar-refractivity contribution is 5.81. The van der Waals surface area contributed by atoms with Crippen LogP contribution < -0.4 is 0 Å². The van der Waals surface area contributed by atoms with E-state index >= 15 is 0 Å². The summed E-state index contributed by atoms with van der Waals surface area (Å²) in [5.41, 5.74) is 0. The first-order valence-electron chi connectivity index (χ1n) is 10.5. The Hall–Kier alpha value is -1.26. The van der Waals surface area contributed by atoms with E-state index in [9.17, 15) is 9.59 Å². The van der Waals surface area contributed by atoms with E-state index in [1.54, 1.807) is 7.05 Å². The second-order valence-electron chi connectivity index (χ2n) is 7.41.